The van der Waals surface area contributed by atoms with Gasteiger partial charge in [0.25, 0.3) is 0 Å². The second-order valence-electron chi connectivity index (χ2n) is 5.44. The molecule has 2 rings (SSSR count). The van der Waals surface area contributed by atoms with Crippen molar-refractivity contribution >= 4 is 17.4 Å². The Morgan fingerprint density at radius 1 is 1.33 bits per heavy atom. The number of carbonyl (C=O) groups excluding carboxylic acids is 1. The molecule has 2 aromatic rings. The Hall–Kier alpha value is -1.65. The second-order valence-corrected chi connectivity index (χ2v) is 5.85. The number of aromatic nitrogens is 2. The van der Waals surface area contributed by atoms with Crippen LogP contribution in [0.15, 0.2) is 24.4 Å². The first-order valence-electron chi connectivity index (χ1n) is 6.88. The van der Waals surface area contributed by atoms with Gasteiger partial charge in [-0.2, -0.15) is 5.10 Å². The summed E-state index contributed by atoms with van der Waals surface area (Å²) in [4.78, 5) is 14.9. The Bertz CT molecular complexity index is 662. The summed E-state index contributed by atoms with van der Waals surface area (Å²) in [6.07, 6.45) is 1.54. The van der Waals surface area contributed by atoms with Crippen LogP contribution in [0.25, 0.3) is 0 Å². The molecule has 0 aliphatic heterocycles. The molecule has 1 aromatic heterocycles. The fourth-order valence-corrected chi connectivity index (χ4v) is 2.40. The Balaban J connectivity index is 2.39. The SMILES string of the molecule is Cc1cccc(C(=O)c2c(Cl)cnn2CCN(C)C)c1C. The zero-order chi connectivity index (χ0) is 15.6. The predicted molar refractivity (Wildman–Crippen MR) is 85.1 cm³/mol. The van der Waals surface area contributed by atoms with E-state index in [1.807, 2.05) is 51.0 Å². The van der Waals surface area contributed by atoms with Crippen molar-refractivity contribution in [2.45, 2.75) is 20.4 Å². The van der Waals surface area contributed by atoms with Gasteiger partial charge in [-0.05, 0) is 39.1 Å². The Morgan fingerprint density at radius 2 is 2.05 bits per heavy atom. The summed E-state index contributed by atoms with van der Waals surface area (Å²) in [5.74, 6) is -0.0718. The lowest BCUT2D eigenvalue weighted by molar-refractivity contribution is 0.102. The molecule has 0 atom stereocenters. The monoisotopic (exact) mass is 305 g/mol. The average Bonchev–Trinajstić information content (AvgIpc) is 2.80. The number of likely N-dealkylation sites (N-methyl/N-ethyl adjacent to an activating group) is 1. The maximum absolute atomic E-state index is 12.8. The van der Waals surface area contributed by atoms with Gasteiger partial charge < -0.3 is 4.90 Å². The first-order chi connectivity index (χ1) is 9.91. The van der Waals surface area contributed by atoms with Crippen molar-refractivity contribution in [3.63, 3.8) is 0 Å². The lowest BCUT2D eigenvalue weighted by Gasteiger charge is -2.13. The highest BCUT2D eigenvalue weighted by molar-refractivity contribution is 6.34. The van der Waals surface area contributed by atoms with Crippen molar-refractivity contribution in [1.29, 1.82) is 0 Å². The lowest BCUT2D eigenvalue weighted by Crippen LogP contribution is -2.22. The van der Waals surface area contributed by atoms with Gasteiger partial charge in [0.15, 0.2) is 0 Å². The van der Waals surface area contributed by atoms with Crippen molar-refractivity contribution in [3.8, 4) is 0 Å². The number of benzene rings is 1. The zero-order valence-corrected chi connectivity index (χ0v) is 13.6. The van der Waals surface area contributed by atoms with Crippen molar-refractivity contribution in [1.82, 2.24) is 14.7 Å². The van der Waals surface area contributed by atoms with Crippen molar-refractivity contribution in [3.05, 3.63) is 51.8 Å². The quantitative estimate of drug-likeness (QED) is 0.797. The molecule has 1 heterocycles. The van der Waals surface area contributed by atoms with Crippen LogP contribution < -0.4 is 0 Å². The first-order valence-corrected chi connectivity index (χ1v) is 7.26. The maximum atomic E-state index is 12.8. The Morgan fingerprint density at radius 3 is 2.71 bits per heavy atom. The van der Waals surface area contributed by atoms with Crippen LogP contribution in [-0.4, -0.2) is 41.1 Å². The van der Waals surface area contributed by atoms with Crippen molar-refractivity contribution in [2.24, 2.45) is 0 Å². The Kier molecular flexibility index (Phi) is 4.80. The van der Waals surface area contributed by atoms with E-state index in [1.165, 1.54) is 6.20 Å². The Labute approximate surface area is 130 Å². The topological polar surface area (TPSA) is 38.1 Å². The van der Waals surface area contributed by atoms with Gasteiger partial charge in [0, 0.05) is 12.1 Å². The summed E-state index contributed by atoms with van der Waals surface area (Å²) in [5, 5.41) is 4.63. The number of rotatable bonds is 5. The summed E-state index contributed by atoms with van der Waals surface area (Å²) >= 11 is 6.18. The summed E-state index contributed by atoms with van der Waals surface area (Å²) in [5.41, 5.74) is 3.23. The fraction of sp³-hybridized carbons (Fsp3) is 0.375. The highest BCUT2D eigenvalue weighted by Crippen LogP contribution is 2.22. The van der Waals surface area contributed by atoms with Gasteiger partial charge in [-0.25, -0.2) is 0 Å². The normalized spacial score (nSPS) is 11.1. The molecule has 112 valence electrons. The van der Waals surface area contributed by atoms with E-state index in [9.17, 15) is 4.79 Å². The third-order valence-electron chi connectivity index (χ3n) is 3.62. The summed E-state index contributed by atoms with van der Waals surface area (Å²) in [7, 11) is 3.97. The molecule has 0 saturated heterocycles. The van der Waals surface area contributed by atoms with Crippen molar-refractivity contribution in [2.75, 3.05) is 20.6 Å². The largest absolute Gasteiger partial charge is 0.308 e. The summed E-state index contributed by atoms with van der Waals surface area (Å²) in [6, 6.07) is 5.73. The number of carbonyl (C=O) groups is 1. The molecule has 0 bridgehead atoms. The number of halogens is 1. The molecule has 5 heteroatoms. The molecule has 1 aromatic carbocycles. The summed E-state index contributed by atoms with van der Waals surface area (Å²) < 4.78 is 1.69. The highest BCUT2D eigenvalue weighted by Gasteiger charge is 2.21. The average molecular weight is 306 g/mol. The van der Waals surface area contributed by atoms with E-state index in [1.54, 1.807) is 4.68 Å². The van der Waals surface area contributed by atoms with E-state index in [0.29, 0.717) is 22.8 Å². The standard InChI is InChI=1S/C16H20ClN3O/c1-11-6-5-7-13(12(11)2)16(21)15-14(17)10-18-20(15)9-8-19(3)4/h5-7,10H,8-9H2,1-4H3. The molecule has 0 spiro atoms. The molecule has 4 nitrogen and oxygen atoms in total. The van der Waals surface area contributed by atoms with Crippen molar-refractivity contribution < 1.29 is 4.79 Å². The smallest absolute Gasteiger partial charge is 0.212 e. The van der Waals surface area contributed by atoms with Gasteiger partial charge >= 0.3 is 0 Å². The molecule has 0 fully saturated rings. The summed E-state index contributed by atoms with van der Waals surface area (Å²) in [6.45, 7) is 5.38. The maximum Gasteiger partial charge on any atom is 0.212 e. The fourth-order valence-electron chi connectivity index (χ4n) is 2.18. The van der Waals surface area contributed by atoms with Crippen LogP contribution in [-0.2, 0) is 6.54 Å². The van der Waals surface area contributed by atoms with E-state index in [4.69, 9.17) is 11.6 Å². The van der Waals surface area contributed by atoms with Crippen LogP contribution >= 0.6 is 11.6 Å². The molecule has 0 amide bonds. The van der Waals surface area contributed by atoms with Gasteiger partial charge in [0.2, 0.25) is 5.78 Å². The van der Waals surface area contributed by atoms with Gasteiger partial charge in [-0.15, -0.1) is 0 Å². The minimum absolute atomic E-state index is 0.0718. The predicted octanol–water partition coefficient (Wildman–Crippen LogP) is 2.95. The van der Waals surface area contributed by atoms with E-state index >= 15 is 0 Å². The minimum Gasteiger partial charge on any atom is -0.308 e. The third-order valence-corrected chi connectivity index (χ3v) is 3.89. The van der Waals surface area contributed by atoms with E-state index < -0.39 is 0 Å². The number of hydrogen-bond donors (Lipinski definition) is 0. The number of hydrogen-bond acceptors (Lipinski definition) is 3. The van der Waals surface area contributed by atoms with Crippen LogP contribution in [0, 0.1) is 13.8 Å². The zero-order valence-electron chi connectivity index (χ0n) is 12.9. The van der Waals surface area contributed by atoms with Gasteiger partial charge in [0.05, 0.1) is 17.8 Å². The third kappa shape index (κ3) is 3.34. The molecular weight excluding hydrogens is 286 g/mol. The number of nitrogens with zero attached hydrogens (tertiary/aromatic N) is 3. The molecule has 0 aliphatic carbocycles. The van der Waals surface area contributed by atoms with Crippen LogP contribution in [0.3, 0.4) is 0 Å². The molecule has 0 radical (unpaired) electrons. The second kappa shape index (κ2) is 6.41. The van der Waals surface area contributed by atoms with E-state index in [0.717, 1.165) is 17.7 Å². The van der Waals surface area contributed by atoms with Crippen LogP contribution in [0.4, 0.5) is 0 Å². The molecule has 0 aliphatic rings. The first kappa shape index (κ1) is 15.7. The van der Waals surface area contributed by atoms with Crippen LogP contribution in [0.1, 0.15) is 27.2 Å². The molecule has 0 unspecified atom stereocenters. The number of aryl methyl sites for hydroxylation is 1. The van der Waals surface area contributed by atoms with Crippen LogP contribution in [0.5, 0.6) is 0 Å². The van der Waals surface area contributed by atoms with Crippen LogP contribution in [0.2, 0.25) is 5.02 Å². The van der Waals surface area contributed by atoms with E-state index in [2.05, 4.69) is 5.10 Å². The molecule has 21 heavy (non-hydrogen) atoms. The minimum atomic E-state index is -0.0718. The molecule has 0 N–H and O–H groups in total. The van der Waals surface area contributed by atoms with Gasteiger partial charge in [-0.3, -0.25) is 9.48 Å². The molecule has 0 saturated carbocycles. The number of ketones is 1. The van der Waals surface area contributed by atoms with E-state index in [-0.39, 0.29) is 5.78 Å². The molecular formula is C16H20ClN3O. The highest BCUT2D eigenvalue weighted by atomic mass is 35.5. The van der Waals surface area contributed by atoms with Gasteiger partial charge in [-0.1, -0.05) is 29.8 Å². The van der Waals surface area contributed by atoms with Gasteiger partial charge in [0.1, 0.15) is 5.69 Å². The lowest BCUT2D eigenvalue weighted by atomic mass is 9.98.